The average Bonchev–Trinajstić information content (AvgIpc) is 3.10. The van der Waals surface area contributed by atoms with Crippen LogP contribution in [0.1, 0.15) is 22.9 Å². The minimum absolute atomic E-state index is 0.0318. The molecule has 0 saturated carbocycles. The second-order valence-corrected chi connectivity index (χ2v) is 7.00. The molecule has 1 aromatic heterocycles. The van der Waals surface area contributed by atoms with Gasteiger partial charge in [-0.05, 0) is 38.1 Å². The number of aromatic nitrogens is 1. The number of benzene rings is 2. The Hall–Kier alpha value is -2.92. The van der Waals surface area contributed by atoms with Crippen molar-refractivity contribution >= 4 is 45.2 Å². The van der Waals surface area contributed by atoms with Gasteiger partial charge in [0.05, 0.1) is 10.6 Å². The fraction of sp³-hybridized carbons (Fsp3) is 0.100. The van der Waals surface area contributed by atoms with E-state index in [4.69, 9.17) is 0 Å². The highest BCUT2D eigenvalue weighted by molar-refractivity contribution is 7.16. The molecule has 25 heavy (non-hydrogen) atoms. The molecule has 0 radical (unpaired) electrons. The van der Waals surface area contributed by atoms with Crippen molar-refractivity contribution in [1.29, 1.82) is 0 Å². The van der Waals surface area contributed by atoms with Crippen LogP contribution < -0.4 is 5.32 Å². The van der Waals surface area contributed by atoms with E-state index in [2.05, 4.69) is 15.3 Å². The maximum absolute atomic E-state index is 10.2. The maximum atomic E-state index is 10.2. The Bertz CT molecular complexity index is 1000. The van der Waals surface area contributed by atoms with Crippen molar-refractivity contribution in [2.75, 3.05) is 5.32 Å². The second kappa shape index (κ2) is 6.18. The molecule has 4 nitrogen and oxygen atoms in total. The Balaban J connectivity index is 1.65. The van der Waals surface area contributed by atoms with E-state index in [9.17, 15) is 5.11 Å². The summed E-state index contributed by atoms with van der Waals surface area (Å²) in [6, 6.07) is 16.1. The van der Waals surface area contributed by atoms with Gasteiger partial charge in [-0.25, -0.2) is 0 Å². The highest BCUT2D eigenvalue weighted by atomic mass is 32.1. The first-order valence-corrected chi connectivity index (χ1v) is 8.82. The zero-order chi connectivity index (χ0) is 17.4. The summed E-state index contributed by atoms with van der Waals surface area (Å²) >= 11 is 1.42. The molecule has 4 rings (SSSR count). The fourth-order valence-corrected chi connectivity index (χ4v) is 3.60. The second-order valence-electron chi connectivity index (χ2n) is 5.97. The Morgan fingerprint density at radius 1 is 1.04 bits per heavy atom. The number of nitrogens with one attached hydrogen (secondary N) is 1. The minimum atomic E-state index is 0.0318. The van der Waals surface area contributed by atoms with Crippen LogP contribution in [0.25, 0.3) is 11.6 Å². The van der Waals surface area contributed by atoms with Gasteiger partial charge in [-0.1, -0.05) is 47.2 Å². The number of fused-ring (bicyclic) bond motifs is 1. The Kier molecular flexibility index (Phi) is 3.86. The Morgan fingerprint density at radius 2 is 1.80 bits per heavy atom. The largest absolute Gasteiger partial charge is 0.492 e. The molecule has 2 aromatic carbocycles. The van der Waals surface area contributed by atoms with Crippen molar-refractivity contribution in [3.8, 4) is 5.88 Å². The third-order valence-electron chi connectivity index (χ3n) is 4.08. The number of hydrogen-bond donors (Lipinski definition) is 2. The van der Waals surface area contributed by atoms with Gasteiger partial charge in [-0.2, -0.15) is 4.98 Å². The van der Waals surface area contributed by atoms with E-state index in [1.807, 2.05) is 68.5 Å². The molecule has 2 heterocycles. The minimum Gasteiger partial charge on any atom is -0.492 e. The van der Waals surface area contributed by atoms with Gasteiger partial charge in [0, 0.05) is 22.5 Å². The molecule has 124 valence electrons. The summed E-state index contributed by atoms with van der Waals surface area (Å²) < 4.78 is 0. The average molecular weight is 347 g/mol. The number of aliphatic imine (C=N–C) groups is 1. The van der Waals surface area contributed by atoms with Crippen LogP contribution >= 0.6 is 11.3 Å². The van der Waals surface area contributed by atoms with Crippen molar-refractivity contribution in [1.82, 2.24) is 4.98 Å². The molecule has 0 aliphatic carbocycles. The van der Waals surface area contributed by atoms with Gasteiger partial charge in [0.2, 0.25) is 5.88 Å². The van der Waals surface area contributed by atoms with Crippen molar-refractivity contribution in [3.63, 3.8) is 0 Å². The number of para-hydroxylation sites is 1. The molecule has 0 atom stereocenters. The van der Waals surface area contributed by atoms with Crippen molar-refractivity contribution in [2.45, 2.75) is 13.8 Å². The highest BCUT2D eigenvalue weighted by Gasteiger charge is 2.18. The van der Waals surface area contributed by atoms with E-state index in [-0.39, 0.29) is 5.88 Å². The number of nitrogens with zero attached hydrogens (tertiary/aromatic N) is 2. The molecule has 1 aliphatic rings. The molecule has 0 saturated heterocycles. The molecule has 0 spiro atoms. The molecule has 1 aliphatic heterocycles. The maximum Gasteiger partial charge on any atom is 0.231 e. The molecule has 0 bridgehead atoms. The number of thiazole rings is 1. The van der Waals surface area contributed by atoms with Crippen molar-refractivity contribution in [3.05, 3.63) is 64.5 Å². The Labute approximate surface area is 150 Å². The summed E-state index contributed by atoms with van der Waals surface area (Å²) in [5.74, 6) is 0.0318. The number of rotatable bonds is 3. The lowest BCUT2D eigenvalue weighted by Crippen LogP contribution is -1.89. The van der Waals surface area contributed by atoms with Crippen LogP contribution in [-0.2, 0) is 0 Å². The summed E-state index contributed by atoms with van der Waals surface area (Å²) in [7, 11) is 0. The molecule has 2 N–H and O–H groups in total. The van der Waals surface area contributed by atoms with E-state index in [1.54, 1.807) is 0 Å². The van der Waals surface area contributed by atoms with Crippen LogP contribution in [-0.4, -0.2) is 15.8 Å². The van der Waals surface area contributed by atoms with Crippen LogP contribution in [0, 0.1) is 6.92 Å². The van der Waals surface area contributed by atoms with Gasteiger partial charge >= 0.3 is 0 Å². The van der Waals surface area contributed by atoms with Gasteiger partial charge < -0.3 is 10.4 Å². The van der Waals surface area contributed by atoms with E-state index in [0.29, 0.717) is 5.13 Å². The SMILES string of the molecule is CC1=Nc2ccccc2/C1=C\c1sc(Nc2ccc(C)cc2)nc1O. The van der Waals surface area contributed by atoms with Gasteiger partial charge in [0.1, 0.15) is 0 Å². The Morgan fingerprint density at radius 3 is 2.60 bits per heavy atom. The summed E-state index contributed by atoms with van der Waals surface area (Å²) in [5, 5.41) is 14.1. The molecule has 3 aromatic rings. The third-order valence-corrected chi connectivity index (χ3v) is 4.99. The fourth-order valence-electron chi connectivity index (χ4n) is 2.78. The normalized spacial score (nSPS) is 14.5. The predicted molar refractivity (Wildman–Crippen MR) is 105 cm³/mol. The van der Waals surface area contributed by atoms with Crippen LogP contribution in [0.5, 0.6) is 5.88 Å². The van der Waals surface area contributed by atoms with Crippen LogP contribution in [0.2, 0.25) is 0 Å². The van der Waals surface area contributed by atoms with Crippen LogP contribution in [0.3, 0.4) is 0 Å². The van der Waals surface area contributed by atoms with Crippen LogP contribution in [0.15, 0.2) is 53.5 Å². The van der Waals surface area contributed by atoms with Gasteiger partial charge in [-0.15, -0.1) is 0 Å². The first-order chi connectivity index (χ1) is 12.1. The number of aromatic hydroxyl groups is 1. The van der Waals surface area contributed by atoms with E-state index < -0.39 is 0 Å². The number of aryl methyl sites for hydroxylation is 1. The molecule has 5 heteroatoms. The standard InChI is InChI=1S/C20H17N3OS/c1-12-7-9-14(10-8-12)22-20-23-19(24)18(25-20)11-16-13(2)21-17-6-4-3-5-15(16)17/h3-11,24H,1-2H3,(H,22,23)/b16-11-. The van der Waals surface area contributed by atoms with Gasteiger partial charge in [-0.3, -0.25) is 4.99 Å². The summed E-state index contributed by atoms with van der Waals surface area (Å²) in [5.41, 5.74) is 6.17. The lowest BCUT2D eigenvalue weighted by Gasteiger charge is -2.02. The van der Waals surface area contributed by atoms with E-state index in [0.717, 1.165) is 33.1 Å². The predicted octanol–water partition coefficient (Wildman–Crippen LogP) is 5.55. The quantitative estimate of drug-likeness (QED) is 0.653. The molecule has 0 unspecified atom stereocenters. The van der Waals surface area contributed by atoms with Gasteiger partial charge in [0.15, 0.2) is 5.13 Å². The first kappa shape index (κ1) is 15.6. The van der Waals surface area contributed by atoms with E-state index in [1.165, 1.54) is 16.9 Å². The monoisotopic (exact) mass is 347 g/mol. The van der Waals surface area contributed by atoms with Crippen molar-refractivity contribution < 1.29 is 5.11 Å². The van der Waals surface area contributed by atoms with Gasteiger partial charge in [0.25, 0.3) is 0 Å². The third kappa shape index (κ3) is 3.06. The molecule has 0 fully saturated rings. The van der Waals surface area contributed by atoms with E-state index >= 15 is 0 Å². The van der Waals surface area contributed by atoms with Crippen molar-refractivity contribution in [2.24, 2.45) is 4.99 Å². The smallest absolute Gasteiger partial charge is 0.231 e. The topological polar surface area (TPSA) is 57.5 Å². The molecule has 0 amide bonds. The number of allylic oxidation sites excluding steroid dienone is 1. The number of hydrogen-bond acceptors (Lipinski definition) is 5. The lowest BCUT2D eigenvalue weighted by molar-refractivity contribution is 0.457. The van der Waals surface area contributed by atoms with Crippen LogP contribution in [0.4, 0.5) is 16.5 Å². The summed E-state index contributed by atoms with van der Waals surface area (Å²) in [4.78, 5) is 9.53. The summed E-state index contributed by atoms with van der Waals surface area (Å²) in [6.45, 7) is 4.03. The molecular weight excluding hydrogens is 330 g/mol. The highest BCUT2D eigenvalue weighted by Crippen LogP contribution is 2.39. The summed E-state index contributed by atoms with van der Waals surface area (Å²) in [6.07, 6.45) is 1.96. The number of anilines is 2. The first-order valence-electron chi connectivity index (χ1n) is 8.00. The zero-order valence-corrected chi connectivity index (χ0v) is 14.8. The zero-order valence-electron chi connectivity index (χ0n) is 13.9. The molecular formula is C20H17N3OS. The lowest BCUT2D eigenvalue weighted by atomic mass is 10.0.